The van der Waals surface area contributed by atoms with Crippen LogP contribution in [0.25, 0.3) is 0 Å². The van der Waals surface area contributed by atoms with Gasteiger partial charge in [-0.25, -0.2) is 0 Å². The molecular weight excluding hydrogens is 302 g/mol. The number of hydroxylamine groups is 1. The zero-order chi connectivity index (χ0) is 16.8. The molecule has 5 heteroatoms. The normalized spacial score (nSPS) is 18.8. The van der Waals surface area contributed by atoms with E-state index in [1.165, 1.54) is 57.5 Å². The van der Waals surface area contributed by atoms with Crippen LogP contribution in [-0.4, -0.2) is 55.0 Å². The summed E-state index contributed by atoms with van der Waals surface area (Å²) in [5, 5.41) is 0. The Kier molecular flexibility index (Phi) is 6.10. The van der Waals surface area contributed by atoms with Crippen LogP contribution >= 0.6 is 0 Å². The van der Waals surface area contributed by atoms with E-state index in [1.54, 1.807) is 0 Å². The molecule has 1 aromatic carbocycles. The van der Waals surface area contributed by atoms with Gasteiger partial charge in [-0.2, -0.15) is 5.48 Å². The predicted molar refractivity (Wildman–Crippen MR) is 95.0 cm³/mol. The van der Waals surface area contributed by atoms with Crippen LogP contribution in [0.1, 0.15) is 37.3 Å². The first-order valence-corrected chi connectivity index (χ1v) is 9.27. The quantitative estimate of drug-likeness (QED) is 0.776. The minimum absolute atomic E-state index is 0.0768. The fraction of sp³-hybridized carbons (Fsp3) is 0.632. The highest BCUT2D eigenvalue weighted by Gasteiger charge is 2.18. The van der Waals surface area contributed by atoms with Crippen molar-refractivity contribution in [2.24, 2.45) is 0 Å². The van der Waals surface area contributed by atoms with Crippen molar-refractivity contribution in [3.8, 4) is 5.75 Å². The summed E-state index contributed by atoms with van der Waals surface area (Å²) >= 11 is 0. The summed E-state index contributed by atoms with van der Waals surface area (Å²) in [7, 11) is 0. The average molecular weight is 331 g/mol. The lowest BCUT2D eigenvalue weighted by atomic mass is 10.0. The smallest absolute Gasteiger partial charge is 0.257 e. The minimum Gasteiger partial charge on any atom is -0.379 e. The van der Waals surface area contributed by atoms with Gasteiger partial charge >= 0.3 is 0 Å². The second-order valence-electron chi connectivity index (χ2n) is 6.89. The highest BCUT2D eigenvalue weighted by molar-refractivity contribution is 5.80. The topological polar surface area (TPSA) is 44.8 Å². The number of nitrogens with one attached hydrogen (secondary N) is 1. The third-order valence-electron chi connectivity index (χ3n) is 5.02. The zero-order valence-corrected chi connectivity index (χ0v) is 14.7. The number of amides is 1. The molecule has 0 bridgehead atoms. The first kappa shape index (κ1) is 17.2. The van der Waals surface area contributed by atoms with Crippen LogP contribution in [0.2, 0.25) is 0 Å². The third-order valence-corrected chi connectivity index (χ3v) is 5.02. The number of hydrogen-bond acceptors (Lipinski definition) is 4. The summed E-state index contributed by atoms with van der Waals surface area (Å²) in [4.78, 5) is 21.8. The molecule has 0 aromatic heterocycles. The third kappa shape index (κ3) is 4.71. The number of fused-ring (bicyclic) bond motifs is 1. The Hall–Kier alpha value is -1.59. The largest absolute Gasteiger partial charge is 0.379 e. The Bertz CT molecular complexity index is 554. The molecule has 0 saturated carbocycles. The molecule has 3 rings (SSSR count). The zero-order valence-electron chi connectivity index (χ0n) is 14.7. The number of nitrogens with zero attached hydrogens (tertiary/aromatic N) is 2. The van der Waals surface area contributed by atoms with E-state index in [9.17, 15) is 4.79 Å². The highest BCUT2D eigenvalue weighted by atomic mass is 16.7. The maximum Gasteiger partial charge on any atom is 0.257 e. The van der Waals surface area contributed by atoms with Crippen LogP contribution in [0.5, 0.6) is 5.75 Å². The first-order valence-electron chi connectivity index (χ1n) is 9.27. The lowest BCUT2D eigenvalue weighted by Crippen LogP contribution is -2.47. The van der Waals surface area contributed by atoms with Crippen molar-refractivity contribution >= 4 is 5.91 Å². The minimum atomic E-state index is -0.0768. The van der Waals surface area contributed by atoms with Gasteiger partial charge in [0.2, 0.25) is 0 Å². The van der Waals surface area contributed by atoms with E-state index < -0.39 is 0 Å². The summed E-state index contributed by atoms with van der Waals surface area (Å²) in [5.41, 5.74) is 4.69. The van der Waals surface area contributed by atoms with Crippen molar-refractivity contribution in [2.45, 2.75) is 39.0 Å². The molecule has 1 N–H and O–H groups in total. The van der Waals surface area contributed by atoms with Gasteiger partial charge in [0.15, 0.2) is 5.75 Å². The molecule has 0 aliphatic carbocycles. The van der Waals surface area contributed by atoms with E-state index in [0.717, 1.165) is 24.3 Å². The lowest BCUT2D eigenvalue weighted by Gasteiger charge is -2.34. The van der Waals surface area contributed by atoms with E-state index >= 15 is 0 Å². The van der Waals surface area contributed by atoms with E-state index in [0.29, 0.717) is 6.42 Å². The van der Waals surface area contributed by atoms with Crippen molar-refractivity contribution in [2.75, 3.05) is 39.3 Å². The number of rotatable bonds is 7. The molecule has 0 radical (unpaired) electrons. The number of carbonyl (C=O) groups is 1. The maximum absolute atomic E-state index is 11.3. The van der Waals surface area contributed by atoms with E-state index in [2.05, 4.69) is 34.3 Å². The predicted octanol–water partition coefficient (Wildman–Crippen LogP) is 2.00. The van der Waals surface area contributed by atoms with Gasteiger partial charge in [-0.15, -0.1) is 0 Å². The summed E-state index contributed by atoms with van der Waals surface area (Å²) in [6.45, 7) is 9.35. The van der Waals surface area contributed by atoms with E-state index in [1.807, 2.05) is 6.07 Å². The van der Waals surface area contributed by atoms with Gasteiger partial charge in [0.05, 0.1) is 6.42 Å². The van der Waals surface area contributed by atoms with Crippen molar-refractivity contribution in [1.82, 2.24) is 15.3 Å². The molecule has 1 amide bonds. The van der Waals surface area contributed by atoms with Gasteiger partial charge in [0.25, 0.3) is 5.91 Å². The molecular formula is C19H29N3O2. The average Bonchev–Trinajstić information content (AvgIpc) is 2.61. The van der Waals surface area contributed by atoms with Crippen LogP contribution in [-0.2, 0) is 17.6 Å². The Morgan fingerprint density at radius 1 is 1.08 bits per heavy atom. The molecule has 2 aliphatic rings. The van der Waals surface area contributed by atoms with Crippen LogP contribution < -0.4 is 10.3 Å². The van der Waals surface area contributed by atoms with Crippen LogP contribution in [0.4, 0.5) is 0 Å². The molecule has 0 spiro atoms. The van der Waals surface area contributed by atoms with Gasteiger partial charge < -0.3 is 14.6 Å². The van der Waals surface area contributed by atoms with Gasteiger partial charge in [0, 0.05) is 38.3 Å². The van der Waals surface area contributed by atoms with Gasteiger partial charge in [-0.3, -0.25) is 4.79 Å². The van der Waals surface area contributed by atoms with Crippen LogP contribution in [0.3, 0.4) is 0 Å². The number of carbonyl (C=O) groups excluding carboxylic acids is 1. The summed E-state index contributed by atoms with van der Waals surface area (Å²) < 4.78 is 0. The monoisotopic (exact) mass is 331 g/mol. The molecule has 0 atom stereocenters. The van der Waals surface area contributed by atoms with Gasteiger partial charge in [0.1, 0.15) is 0 Å². The molecule has 1 saturated heterocycles. The van der Waals surface area contributed by atoms with Crippen LogP contribution in [0.15, 0.2) is 18.2 Å². The van der Waals surface area contributed by atoms with Crippen LogP contribution in [0, 0.1) is 0 Å². The fourth-order valence-corrected chi connectivity index (χ4v) is 3.43. The molecule has 2 heterocycles. The van der Waals surface area contributed by atoms with Crippen molar-refractivity contribution < 1.29 is 9.63 Å². The van der Waals surface area contributed by atoms with Crippen molar-refractivity contribution in [3.05, 3.63) is 29.3 Å². The van der Waals surface area contributed by atoms with E-state index in [-0.39, 0.29) is 5.91 Å². The lowest BCUT2D eigenvalue weighted by molar-refractivity contribution is -0.128. The first-order chi connectivity index (χ1) is 11.7. The van der Waals surface area contributed by atoms with Crippen molar-refractivity contribution in [3.63, 3.8) is 0 Å². The summed E-state index contributed by atoms with van der Waals surface area (Å²) in [6, 6.07) is 6.21. The molecule has 0 unspecified atom stereocenters. The molecule has 1 fully saturated rings. The summed E-state index contributed by atoms with van der Waals surface area (Å²) in [6.07, 6.45) is 5.42. The molecule has 2 aliphatic heterocycles. The Balaban J connectivity index is 1.41. The Labute approximate surface area is 144 Å². The standard InChI is InChI=1S/C19H29N3O2/c1-2-3-4-8-21-10-12-22(13-11-21)9-7-16-5-6-17-15-19(23)20-24-18(17)14-16/h5-6,14H,2-4,7-13,15H2,1H3,(H,20,23). The summed E-state index contributed by atoms with van der Waals surface area (Å²) in [5.74, 6) is 0.722. The SMILES string of the molecule is CCCCCN1CCN(CCc2ccc3c(c2)ONC(=O)C3)CC1. The number of unbranched alkanes of at least 4 members (excludes halogenated alkanes) is 2. The Morgan fingerprint density at radius 2 is 1.83 bits per heavy atom. The molecule has 1 aromatic rings. The fourth-order valence-electron chi connectivity index (χ4n) is 3.43. The number of piperazine rings is 1. The highest BCUT2D eigenvalue weighted by Crippen LogP contribution is 2.23. The maximum atomic E-state index is 11.3. The van der Waals surface area contributed by atoms with Gasteiger partial charge in [-0.1, -0.05) is 31.9 Å². The molecule has 5 nitrogen and oxygen atoms in total. The molecule has 24 heavy (non-hydrogen) atoms. The second-order valence-corrected chi connectivity index (χ2v) is 6.89. The van der Waals surface area contributed by atoms with E-state index in [4.69, 9.17) is 4.84 Å². The van der Waals surface area contributed by atoms with Gasteiger partial charge in [-0.05, 0) is 31.0 Å². The van der Waals surface area contributed by atoms with Crippen molar-refractivity contribution in [1.29, 1.82) is 0 Å². The molecule has 132 valence electrons. The Morgan fingerprint density at radius 3 is 2.58 bits per heavy atom. The number of benzene rings is 1. The number of hydrogen-bond donors (Lipinski definition) is 1. The second kappa shape index (κ2) is 8.49.